The number of halogens is 2. The highest BCUT2D eigenvalue weighted by Gasteiger charge is 2.28. The molecule has 2 heterocycles. The van der Waals surface area contributed by atoms with Gasteiger partial charge in [0.2, 0.25) is 0 Å². The second kappa shape index (κ2) is 14.3. The highest BCUT2D eigenvalue weighted by Crippen LogP contribution is 2.25. The number of benzene rings is 2. The van der Waals surface area contributed by atoms with E-state index in [9.17, 15) is 19.2 Å². The first kappa shape index (κ1) is 28.8. The molecule has 1 aliphatic rings. The first-order valence-electron chi connectivity index (χ1n) is 13.3. The minimum Gasteiger partial charge on any atom is -0.448 e. The Morgan fingerprint density at radius 3 is 2.80 bits per heavy atom. The van der Waals surface area contributed by atoms with Crippen LogP contribution in [0.5, 0.6) is 0 Å². The molecule has 208 valence electrons. The quantitative estimate of drug-likeness (QED) is 0.321. The summed E-state index contributed by atoms with van der Waals surface area (Å²) in [6.07, 6.45) is 2.65. The van der Waals surface area contributed by atoms with Crippen molar-refractivity contribution >= 4 is 29.4 Å². The molecule has 10 heteroatoms. The highest BCUT2D eigenvalue weighted by atomic mass is 35.5. The third kappa shape index (κ3) is 7.48. The first-order valence-corrected chi connectivity index (χ1v) is 13.8. The van der Waals surface area contributed by atoms with Crippen molar-refractivity contribution in [3.8, 4) is 17.3 Å². The van der Waals surface area contributed by atoms with Gasteiger partial charge < -0.3 is 20.3 Å². The Balaban J connectivity index is 1.52. The van der Waals surface area contributed by atoms with Gasteiger partial charge in [-0.15, -0.1) is 11.6 Å². The number of likely N-dealkylation sites (tertiary alicyclic amines) is 1. The molecule has 2 N–H and O–H groups in total. The Hall–Kier alpha value is -4.16. The number of pyridine rings is 1. The van der Waals surface area contributed by atoms with Crippen LogP contribution in [0.3, 0.4) is 0 Å². The van der Waals surface area contributed by atoms with Gasteiger partial charge in [0.05, 0.1) is 34.8 Å². The Morgan fingerprint density at radius 1 is 1.15 bits per heavy atom. The maximum atomic E-state index is 13.6. The number of anilines is 1. The summed E-state index contributed by atoms with van der Waals surface area (Å²) in [7, 11) is 0. The van der Waals surface area contributed by atoms with E-state index in [1.54, 1.807) is 41.3 Å². The molecule has 2 amide bonds. The second-order valence-electron chi connectivity index (χ2n) is 9.41. The van der Waals surface area contributed by atoms with E-state index in [2.05, 4.69) is 16.7 Å². The summed E-state index contributed by atoms with van der Waals surface area (Å²) in [6.45, 7) is 1.36. The molecule has 1 aromatic heterocycles. The van der Waals surface area contributed by atoms with Gasteiger partial charge in [0, 0.05) is 25.2 Å². The maximum Gasteiger partial charge on any atom is 0.410 e. The van der Waals surface area contributed by atoms with Crippen LogP contribution in [0.4, 0.5) is 15.0 Å². The predicted octanol–water partition coefficient (Wildman–Crippen LogP) is 5.37. The highest BCUT2D eigenvalue weighted by molar-refractivity contribution is 6.18. The van der Waals surface area contributed by atoms with Crippen molar-refractivity contribution in [1.82, 2.24) is 15.2 Å². The minimum absolute atomic E-state index is 0.133. The number of hydrogen-bond acceptors (Lipinski definition) is 6. The van der Waals surface area contributed by atoms with E-state index in [0.29, 0.717) is 47.7 Å². The maximum absolute atomic E-state index is 13.6. The zero-order chi connectivity index (χ0) is 28.3. The molecule has 0 bridgehead atoms. The summed E-state index contributed by atoms with van der Waals surface area (Å²) in [5.41, 5.74) is 2.80. The summed E-state index contributed by atoms with van der Waals surface area (Å²) < 4.78 is 18.8. The number of nitrogens with one attached hydrogen (secondary N) is 2. The molecule has 3 aromatic rings. The number of carbonyl (C=O) groups is 2. The molecular weight excluding hydrogens is 533 g/mol. The van der Waals surface area contributed by atoms with Crippen molar-refractivity contribution in [2.24, 2.45) is 0 Å². The zero-order valence-electron chi connectivity index (χ0n) is 22.0. The van der Waals surface area contributed by atoms with Gasteiger partial charge >= 0.3 is 6.09 Å². The number of nitrogens with zero attached hydrogens (tertiary/aromatic N) is 3. The predicted molar refractivity (Wildman–Crippen MR) is 152 cm³/mol. The molecule has 0 aliphatic carbocycles. The summed E-state index contributed by atoms with van der Waals surface area (Å²) in [4.78, 5) is 32.2. The summed E-state index contributed by atoms with van der Waals surface area (Å²) >= 11 is 5.65. The third-order valence-corrected chi connectivity index (χ3v) is 6.88. The van der Waals surface area contributed by atoms with Gasteiger partial charge in [0.15, 0.2) is 0 Å². The summed E-state index contributed by atoms with van der Waals surface area (Å²) in [6, 6.07) is 18.8. The number of nitriles is 1. The van der Waals surface area contributed by atoms with Gasteiger partial charge in [0.1, 0.15) is 18.2 Å². The van der Waals surface area contributed by atoms with E-state index in [-0.39, 0.29) is 36.8 Å². The number of ether oxygens (including phenoxy) is 1. The van der Waals surface area contributed by atoms with E-state index >= 15 is 0 Å². The molecule has 4 rings (SSSR count). The molecule has 40 heavy (non-hydrogen) atoms. The van der Waals surface area contributed by atoms with E-state index in [1.807, 2.05) is 12.1 Å². The first-order chi connectivity index (χ1) is 19.5. The van der Waals surface area contributed by atoms with Crippen molar-refractivity contribution in [3.63, 3.8) is 0 Å². The van der Waals surface area contributed by atoms with Crippen molar-refractivity contribution in [1.29, 1.82) is 5.26 Å². The van der Waals surface area contributed by atoms with Crippen LogP contribution >= 0.6 is 11.6 Å². The van der Waals surface area contributed by atoms with E-state index in [4.69, 9.17) is 21.3 Å². The Morgan fingerprint density at radius 2 is 2.00 bits per heavy atom. The van der Waals surface area contributed by atoms with Crippen molar-refractivity contribution < 1.29 is 18.7 Å². The van der Waals surface area contributed by atoms with E-state index < -0.39 is 6.09 Å². The number of amides is 2. The lowest BCUT2D eigenvalue weighted by Gasteiger charge is -2.35. The summed E-state index contributed by atoms with van der Waals surface area (Å²) in [5.74, 6) is -0.0894. The number of alkyl halides is 1. The summed E-state index contributed by atoms with van der Waals surface area (Å²) in [5, 5.41) is 15.7. The van der Waals surface area contributed by atoms with Gasteiger partial charge in [-0.1, -0.05) is 30.3 Å². The number of rotatable bonds is 10. The Bertz CT molecular complexity index is 1380. The van der Waals surface area contributed by atoms with Crippen LogP contribution in [0, 0.1) is 17.1 Å². The van der Waals surface area contributed by atoms with Gasteiger partial charge in [-0.2, -0.15) is 5.26 Å². The normalized spacial score (nSPS) is 14.7. The number of hydrogen-bond donors (Lipinski definition) is 2. The molecule has 0 spiro atoms. The van der Waals surface area contributed by atoms with Crippen LogP contribution < -0.4 is 10.6 Å². The van der Waals surface area contributed by atoms with Crippen LogP contribution in [0.1, 0.15) is 40.7 Å². The molecule has 1 fully saturated rings. The van der Waals surface area contributed by atoms with Gasteiger partial charge in [0.25, 0.3) is 5.91 Å². The lowest BCUT2D eigenvalue weighted by atomic mass is 10.0. The Kier molecular flexibility index (Phi) is 10.3. The van der Waals surface area contributed by atoms with Crippen LogP contribution in [0.25, 0.3) is 11.3 Å². The molecule has 1 aliphatic heterocycles. The zero-order valence-corrected chi connectivity index (χ0v) is 22.8. The molecule has 2 aromatic carbocycles. The largest absolute Gasteiger partial charge is 0.448 e. The average molecular weight is 564 g/mol. The van der Waals surface area contributed by atoms with Crippen molar-refractivity contribution in [2.75, 3.05) is 37.4 Å². The SMILES string of the molecule is N#Cc1ccccc1-c1ccc(C(=O)NC[C@H]2CCCCN2C(=O)OCCCl)c(NCCc2cccc(F)c2)n1. The van der Waals surface area contributed by atoms with Gasteiger partial charge in [-0.25, -0.2) is 14.2 Å². The number of carbonyl (C=O) groups excluding carboxylic acids is 2. The smallest absolute Gasteiger partial charge is 0.410 e. The third-order valence-electron chi connectivity index (χ3n) is 6.72. The fraction of sp³-hybridized carbons (Fsp3) is 0.333. The Labute approximate surface area is 238 Å². The molecule has 0 saturated carbocycles. The van der Waals surface area contributed by atoms with E-state index in [1.165, 1.54) is 12.1 Å². The fourth-order valence-corrected chi connectivity index (χ4v) is 4.79. The number of aromatic nitrogens is 1. The fourth-order valence-electron chi connectivity index (χ4n) is 4.72. The standard InChI is InChI=1S/C30H31ClFN5O3/c31-14-17-40-30(39)37-16-4-3-9-24(37)20-35-29(38)26-11-12-27(25-10-2-1-7-22(25)19-33)36-28(26)34-15-13-21-6-5-8-23(32)18-21/h1-2,5-8,10-12,18,24H,3-4,9,13-17,20H2,(H,34,36)(H,35,38)/t24-/m1/s1. The molecule has 0 unspecified atom stereocenters. The van der Waals surface area contributed by atoms with Crippen molar-refractivity contribution in [3.05, 3.63) is 83.2 Å². The topological polar surface area (TPSA) is 107 Å². The van der Waals surface area contributed by atoms with Crippen LogP contribution in [-0.2, 0) is 11.2 Å². The van der Waals surface area contributed by atoms with Crippen molar-refractivity contribution in [2.45, 2.75) is 31.7 Å². The monoisotopic (exact) mass is 563 g/mol. The molecule has 0 radical (unpaired) electrons. The van der Waals surface area contributed by atoms with Crippen LogP contribution in [0.2, 0.25) is 0 Å². The molecular formula is C30H31ClFN5O3. The number of piperidine rings is 1. The van der Waals surface area contributed by atoms with Gasteiger partial charge in [-0.3, -0.25) is 4.79 Å². The lowest BCUT2D eigenvalue weighted by Crippen LogP contribution is -2.49. The minimum atomic E-state index is -0.429. The molecule has 1 atom stereocenters. The lowest BCUT2D eigenvalue weighted by molar-refractivity contribution is 0.0735. The second-order valence-corrected chi connectivity index (χ2v) is 9.79. The molecule has 1 saturated heterocycles. The molecule has 8 nitrogen and oxygen atoms in total. The van der Waals surface area contributed by atoms with E-state index in [0.717, 1.165) is 24.8 Å². The average Bonchev–Trinajstić information content (AvgIpc) is 2.98. The van der Waals surface area contributed by atoms with Crippen LogP contribution in [0.15, 0.2) is 60.7 Å². The van der Waals surface area contributed by atoms with Crippen LogP contribution in [-0.4, -0.2) is 60.0 Å². The van der Waals surface area contributed by atoms with Gasteiger partial charge in [-0.05, 0) is 61.6 Å².